The predicted molar refractivity (Wildman–Crippen MR) is 118 cm³/mol. The second-order valence-corrected chi connectivity index (χ2v) is 7.06. The fraction of sp³-hybridized carbons (Fsp3) is 0.208. The number of pyridine rings is 1. The standard InChI is InChI=1S/C24H26N4O2/c1-2-22(18-6-4-3-5-7-18)28-23(29)16-21(25)17-8-10-19(11-9-17)24(30)27-20-12-14-26-15-13-20/h3-15,21-22H,2,16,25H2,1H3,(H,28,29)(H,26,27,30)/t21?,22-/m0/s1. The molecular formula is C24H26N4O2. The number of benzene rings is 2. The van der Waals surface area contributed by atoms with Gasteiger partial charge in [0.15, 0.2) is 0 Å². The van der Waals surface area contributed by atoms with Crippen LogP contribution in [-0.2, 0) is 4.79 Å². The second-order valence-electron chi connectivity index (χ2n) is 7.06. The molecule has 0 aliphatic heterocycles. The summed E-state index contributed by atoms with van der Waals surface area (Å²) in [6.07, 6.45) is 4.20. The Labute approximate surface area is 176 Å². The Morgan fingerprint density at radius 1 is 0.933 bits per heavy atom. The van der Waals surface area contributed by atoms with Crippen LogP contribution in [0.3, 0.4) is 0 Å². The zero-order valence-corrected chi connectivity index (χ0v) is 16.9. The number of rotatable bonds is 8. The largest absolute Gasteiger partial charge is 0.349 e. The zero-order valence-electron chi connectivity index (χ0n) is 16.9. The summed E-state index contributed by atoms with van der Waals surface area (Å²) in [4.78, 5) is 28.7. The van der Waals surface area contributed by atoms with E-state index in [1.54, 1.807) is 48.8 Å². The molecule has 0 bridgehead atoms. The summed E-state index contributed by atoms with van der Waals surface area (Å²) in [5, 5.41) is 5.86. The van der Waals surface area contributed by atoms with Crippen molar-refractivity contribution >= 4 is 17.5 Å². The van der Waals surface area contributed by atoms with Crippen molar-refractivity contribution in [3.05, 3.63) is 95.8 Å². The van der Waals surface area contributed by atoms with E-state index < -0.39 is 6.04 Å². The van der Waals surface area contributed by atoms with Gasteiger partial charge in [0.05, 0.1) is 6.04 Å². The van der Waals surface area contributed by atoms with Crippen molar-refractivity contribution in [3.63, 3.8) is 0 Å². The Balaban J connectivity index is 1.56. The van der Waals surface area contributed by atoms with Gasteiger partial charge in [0.25, 0.3) is 5.91 Å². The van der Waals surface area contributed by atoms with Gasteiger partial charge in [-0.2, -0.15) is 0 Å². The summed E-state index contributed by atoms with van der Waals surface area (Å²) in [6, 6.07) is 19.8. The minimum absolute atomic E-state index is 0.0369. The van der Waals surface area contributed by atoms with E-state index in [1.165, 1.54) is 0 Å². The van der Waals surface area contributed by atoms with E-state index in [9.17, 15) is 9.59 Å². The molecule has 1 aromatic heterocycles. The Morgan fingerprint density at radius 2 is 1.60 bits per heavy atom. The minimum Gasteiger partial charge on any atom is -0.349 e. The van der Waals surface area contributed by atoms with Gasteiger partial charge in [-0.25, -0.2) is 0 Å². The molecule has 0 aliphatic rings. The molecular weight excluding hydrogens is 376 g/mol. The van der Waals surface area contributed by atoms with Crippen LogP contribution in [0.25, 0.3) is 0 Å². The van der Waals surface area contributed by atoms with Crippen LogP contribution in [0.2, 0.25) is 0 Å². The summed E-state index contributed by atoms with van der Waals surface area (Å²) in [6.45, 7) is 2.04. The molecule has 0 saturated heterocycles. The van der Waals surface area contributed by atoms with E-state index in [1.807, 2.05) is 37.3 Å². The summed E-state index contributed by atoms with van der Waals surface area (Å²) < 4.78 is 0. The van der Waals surface area contributed by atoms with Crippen molar-refractivity contribution in [2.75, 3.05) is 5.32 Å². The van der Waals surface area contributed by atoms with Crippen LogP contribution in [0.4, 0.5) is 5.69 Å². The molecule has 3 aromatic rings. The van der Waals surface area contributed by atoms with E-state index in [0.717, 1.165) is 17.5 Å². The van der Waals surface area contributed by atoms with Gasteiger partial charge in [-0.05, 0) is 41.8 Å². The Bertz CT molecular complexity index is 960. The van der Waals surface area contributed by atoms with Crippen molar-refractivity contribution in [1.82, 2.24) is 10.3 Å². The Morgan fingerprint density at radius 3 is 2.23 bits per heavy atom. The average molecular weight is 402 g/mol. The van der Waals surface area contributed by atoms with Crippen molar-refractivity contribution < 1.29 is 9.59 Å². The van der Waals surface area contributed by atoms with Crippen LogP contribution >= 0.6 is 0 Å². The molecule has 6 heteroatoms. The predicted octanol–water partition coefficient (Wildman–Crippen LogP) is 3.99. The molecule has 2 aromatic carbocycles. The lowest BCUT2D eigenvalue weighted by Crippen LogP contribution is -2.31. The molecule has 1 unspecified atom stereocenters. The molecule has 0 saturated carbocycles. The molecule has 30 heavy (non-hydrogen) atoms. The molecule has 6 nitrogen and oxygen atoms in total. The number of nitrogens with zero attached hydrogens (tertiary/aromatic N) is 1. The highest BCUT2D eigenvalue weighted by molar-refractivity contribution is 6.04. The smallest absolute Gasteiger partial charge is 0.255 e. The highest BCUT2D eigenvalue weighted by Crippen LogP contribution is 2.19. The topological polar surface area (TPSA) is 97.1 Å². The first-order valence-corrected chi connectivity index (χ1v) is 9.98. The van der Waals surface area contributed by atoms with E-state index in [0.29, 0.717) is 11.3 Å². The average Bonchev–Trinajstić information content (AvgIpc) is 2.78. The number of anilines is 1. The number of hydrogen-bond donors (Lipinski definition) is 3. The quantitative estimate of drug-likeness (QED) is 0.531. The first-order valence-electron chi connectivity index (χ1n) is 9.98. The van der Waals surface area contributed by atoms with Gasteiger partial charge in [0.2, 0.25) is 5.91 Å². The van der Waals surface area contributed by atoms with Gasteiger partial charge < -0.3 is 16.4 Å². The van der Waals surface area contributed by atoms with Crippen LogP contribution in [0, 0.1) is 0 Å². The fourth-order valence-electron chi connectivity index (χ4n) is 3.20. The maximum absolute atomic E-state index is 12.5. The van der Waals surface area contributed by atoms with Gasteiger partial charge in [0.1, 0.15) is 0 Å². The van der Waals surface area contributed by atoms with Crippen molar-refractivity contribution in [1.29, 1.82) is 0 Å². The normalized spacial score (nSPS) is 12.6. The van der Waals surface area contributed by atoms with Crippen molar-refractivity contribution in [3.8, 4) is 0 Å². The Hall–Kier alpha value is -3.51. The molecule has 0 fully saturated rings. The molecule has 2 atom stereocenters. The highest BCUT2D eigenvalue weighted by Gasteiger charge is 2.17. The summed E-state index contributed by atoms with van der Waals surface area (Å²) >= 11 is 0. The third kappa shape index (κ3) is 5.75. The van der Waals surface area contributed by atoms with Crippen LogP contribution < -0.4 is 16.4 Å². The van der Waals surface area contributed by atoms with Crippen LogP contribution in [0.5, 0.6) is 0 Å². The van der Waals surface area contributed by atoms with Crippen molar-refractivity contribution in [2.24, 2.45) is 5.73 Å². The molecule has 0 radical (unpaired) electrons. The molecule has 1 heterocycles. The third-order valence-electron chi connectivity index (χ3n) is 4.89. The Kier molecular flexibility index (Phi) is 7.29. The summed E-state index contributed by atoms with van der Waals surface area (Å²) in [7, 11) is 0. The van der Waals surface area contributed by atoms with Gasteiger partial charge >= 0.3 is 0 Å². The van der Waals surface area contributed by atoms with E-state index in [4.69, 9.17) is 5.73 Å². The molecule has 0 spiro atoms. The first kappa shape index (κ1) is 21.2. The van der Waals surface area contributed by atoms with Gasteiger partial charge in [-0.15, -0.1) is 0 Å². The molecule has 3 rings (SSSR count). The lowest BCUT2D eigenvalue weighted by atomic mass is 10.0. The summed E-state index contributed by atoms with van der Waals surface area (Å²) in [5.74, 6) is -0.314. The molecule has 0 aliphatic carbocycles. The molecule has 2 amide bonds. The monoisotopic (exact) mass is 402 g/mol. The van der Waals surface area contributed by atoms with Crippen LogP contribution in [-0.4, -0.2) is 16.8 Å². The highest BCUT2D eigenvalue weighted by atomic mass is 16.2. The van der Waals surface area contributed by atoms with E-state index in [2.05, 4.69) is 15.6 Å². The molecule has 4 N–H and O–H groups in total. The number of aromatic nitrogens is 1. The van der Waals surface area contributed by atoms with Gasteiger partial charge in [0, 0.05) is 36.1 Å². The zero-order chi connectivity index (χ0) is 21.3. The lowest BCUT2D eigenvalue weighted by molar-refractivity contribution is -0.122. The molecule has 154 valence electrons. The number of carbonyl (C=O) groups excluding carboxylic acids is 2. The van der Waals surface area contributed by atoms with E-state index >= 15 is 0 Å². The fourth-order valence-corrected chi connectivity index (χ4v) is 3.20. The van der Waals surface area contributed by atoms with Crippen molar-refractivity contribution in [2.45, 2.75) is 31.8 Å². The number of nitrogens with one attached hydrogen (secondary N) is 2. The van der Waals surface area contributed by atoms with Gasteiger partial charge in [-0.1, -0.05) is 49.4 Å². The lowest BCUT2D eigenvalue weighted by Gasteiger charge is -2.19. The number of hydrogen-bond acceptors (Lipinski definition) is 4. The van der Waals surface area contributed by atoms with Gasteiger partial charge in [-0.3, -0.25) is 14.6 Å². The maximum Gasteiger partial charge on any atom is 0.255 e. The minimum atomic E-state index is -0.449. The number of nitrogens with two attached hydrogens (primary N) is 1. The number of amides is 2. The SMILES string of the molecule is CC[C@H](NC(=O)CC(N)c1ccc(C(=O)Nc2ccncc2)cc1)c1ccccc1. The maximum atomic E-state index is 12.5. The first-order chi connectivity index (χ1) is 14.6. The summed E-state index contributed by atoms with van der Waals surface area (Å²) in [5.41, 5.74) is 9.31. The third-order valence-corrected chi connectivity index (χ3v) is 4.89. The van der Waals surface area contributed by atoms with E-state index in [-0.39, 0.29) is 24.3 Å². The number of carbonyl (C=O) groups is 2. The van der Waals surface area contributed by atoms with Crippen LogP contribution in [0.15, 0.2) is 79.1 Å². The second kappa shape index (κ2) is 10.3. The van der Waals surface area contributed by atoms with Crippen LogP contribution in [0.1, 0.15) is 53.3 Å².